The Kier molecular flexibility index (Phi) is 5.19. The van der Waals surface area contributed by atoms with Crippen LogP contribution < -0.4 is 16.4 Å². The van der Waals surface area contributed by atoms with Crippen molar-refractivity contribution in [1.29, 1.82) is 0 Å². The zero-order chi connectivity index (χ0) is 15.3. The smallest absolute Gasteiger partial charge is 0.326 e. The number of urea groups is 1. The van der Waals surface area contributed by atoms with Crippen molar-refractivity contribution in [2.75, 3.05) is 12.4 Å². The first-order chi connectivity index (χ1) is 9.44. The molecule has 0 aliphatic carbocycles. The fraction of sp³-hybridized carbons (Fsp3) is 0.385. The molecule has 0 aromatic heterocycles. The van der Waals surface area contributed by atoms with Gasteiger partial charge in [0.05, 0.1) is 5.69 Å². The van der Waals surface area contributed by atoms with Crippen molar-refractivity contribution in [3.05, 3.63) is 17.2 Å². The standard InChI is InChI=1S/C13H20N4O3/c1-4-7-9(18)6-10(19)8(5-2)11(7)16-13(20)17-12(14)15-3/h6,18-19H,4-5H2,1-3H3,(H4,14,15,16,17,20). The van der Waals surface area contributed by atoms with Crippen molar-refractivity contribution < 1.29 is 15.0 Å². The molecule has 110 valence electrons. The van der Waals surface area contributed by atoms with Crippen molar-refractivity contribution in [2.45, 2.75) is 26.7 Å². The Morgan fingerprint density at radius 3 is 2.15 bits per heavy atom. The number of aromatic hydroxyl groups is 2. The van der Waals surface area contributed by atoms with Crippen molar-refractivity contribution in [3.8, 4) is 11.5 Å². The monoisotopic (exact) mass is 280 g/mol. The third-order valence-corrected chi connectivity index (χ3v) is 2.92. The van der Waals surface area contributed by atoms with Crippen LogP contribution in [0.5, 0.6) is 11.5 Å². The van der Waals surface area contributed by atoms with E-state index in [4.69, 9.17) is 5.73 Å². The molecular weight excluding hydrogens is 260 g/mol. The fourth-order valence-electron chi connectivity index (χ4n) is 1.93. The number of carbonyl (C=O) groups is 1. The number of anilines is 1. The number of nitrogens with two attached hydrogens (primary N) is 1. The van der Waals surface area contributed by atoms with Gasteiger partial charge in [0.1, 0.15) is 11.5 Å². The largest absolute Gasteiger partial charge is 0.507 e. The number of hydrogen-bond donors (Lipinski definition) is 5. The van der Waals surface area contributed by atoms with E-state index in [9.17, 15) is 15.0 Å². The number of nitrogens with zero attached hydrogens (tertiary/aromatic N) is 1. The first kappa shape index (κ1) is 15.6. The highest BCUT2D eigenvalue weighted by Crippen LogP contribution is 2.37. The maximum atomic E-state index is 11.8. The summed E-state index contributed by atoms with van der Waals surface area (Å²) in [5.74, 6) is -0.146. The van der Waals surface area contributed by atoms with Gasteiger partial charge in [-0.05, 0) is 12.8 Å². The lowest BCUT2D eigenvalue weighted by Gasteiger charge is -2.17. The molecule has 0 fully saturated rings. The van der Waals surface area contributed by atoms with Crippen LogP contribution in [0.3, 0.4) is 0 Å². The average molecular weight is 280 g/mol. The molecule has 0 bridgehead atoms. The van der Waals surface area contributed by atoms with E-state index in [2.05, 4.69) is 15.6 Å². The van der Waals surface area contributed by atoms with Gasteiger partial charge in [-0.1, -0.05) is 13.8 Å². The van der Waals surface area contributed by atoms with Gasteiger partial charge in [0.25, 0.3) is 0 Å². The first-order valence-electron chi connectivity index (χ1n) is 6.31. The van der Waals surface area contributed by atoms with E-state index in [0.29, 0.717) is 29.7 Å². The number of guanidine groups is 1. The van der Waals surface area contributed by atoms with Crippen molar-refractivity contribution in [1.82, 2.24) is 5.32 Å². The minimum absolute atomic E-state index is 0.0250. The highest BCUT2D eigenvalue weighted by Gasteiger charge is 2.17. The molecule has 0 heterocycles. The summed E-state index contributed by atoms with van der Waals surface area (Å²) < 4.78 is 0. The molecule has 7 heteroatoms. The molecule has 0 aliphatic heterocycles. The van der Waals surface area contributed by atoms with E-state index in [0.717, 1.165) is 0 Å². The van der Waals surface area contributed by atoms with Gasteiger partial charge in [-0.2, -0.15) is 0 Å². The second-order valence-corrected chi connectivity index (χ2v) is 4.14. The molecule has 0 atom stereocenters. The summed E-state index contributed by atoms with van der Waals surface area (Å²) in [6.07, 6.45) is 1.01. The zero-order valence-corrected chi connectivity index (χ0v) is 11.8. The number of carbonyl (C=O) groups excluding carboxylic acids is 1. The lowest BCUT2D eigenvalue weighted by molar-refractivity contribution is 0.256. The minimum atomic E-state index is -0.581. The number of benzene rings is 1. The van der Waals surface area contributed by atoms with Gasteiger partial charge in [-0.25, -0.2) is 4.79 Å². The van der Waals surface area contributed by atoms with E-state index < -0.39 is 6.03 Å². The van der Waals surface area contributed by atoms with Crippen molar-refractivity contribution >= 4 is 17.7 Å². The van der Waals surface area contributed by atoms with Crippen LogP contribution in [0.2, 0.25) is 0 Å². The van der Waals surface area contributed by atoms with Crippen LogP contribution in [0.25, 0.3) is 0 Å². The zero-order valence-electron chi connectivity index (χ0n) is 11.8. The van der Waals surface area contributed by atoms with Crippen LogP contribution in [0, 0.1) is 0 Å². The van der Waals surface area contributed by atoms with Crippen molar-refractivity contribution in [3.63, 3.8) is 0 Å². The Bertz CT molecular complexity index is 513. The van der Waals surface area contributed by atoms with Crippen LogP contribution >= 0.6 is 0 Å². The second-order valence-electron chi connectivity index (χ2n) is 4.14. The number of hydrogen-bond acceptors (Lipinski definition) is 4. The Hall–Kier alpha value is -2.44. The highest BCUT2D eigenvalue weighted by atomic mass is 16.3. The molecular formula is C13H20N4O3. The number of phenols is 2. The molecule has 2 amide bonds. The number of aliphatic imine (C=N–C) groups is 1. The predicted molar refractivity (Wildman–Crippen MR) is 78.2 cm³/mol. The van der Waals surface area contributed by atoms with Gasteiger partial charge < -0.3 is 21.3 Å². The molecule has 7 nitrogen and oxygen atoms in total. The normalized spacial score (nSPS) is 11.2. The second kappa shape index (κ2) is 6.65. The van der Waals surface area contributed by atoms with E-state index in [1.54, 1.807) is 0 Å². The van der Waals surface area contributed by atoms with E-state index in [1.165, 1.54) is 13.1 Å². The van der Waals surface area contributed by atoms with Gasteiger partial charge in [-0.15, -0.1) is 0 Å². The maximum Gasteiger partial charge on any atom is 0.326 e. The Balaban J connectivity index is 3.18. The molecule has 0 spiro atoms. The lowest BCUT2D eigenvalue weighted by Crippen LogP contribution is -2.39. The number of amides is 2. The fourth-order valence-corrected chi connectivity index (χ4v) is 1.93. The van der Waals surface area contributed by atoms with Gasteiger partial charge in [0, 0.05) is 24.2 Å². The molecule has 6 N–H and O–H groups in total. The summed E-state index contributed by atoms with van der Waals surface area (Å²) in [4.78, 5) is 15.4. The molecule has 0 saturated carbocycles. The van der Waals surface area contributed by atoms with Crippen LogP contribution in [-0.4, -0.2) is 29.3 Å². The summed E-state index contributed by atoms with van der Waals surface area (Å²) in [7, 11) is 1.45. The summed E-state index contributed by atoms with van der Waals surface area (Å²) >= 11 is 0. The van der Waals surface area contributed by atoms with Crippen LogP contribution in [0.15, 0.2) is 11.1 Å². The molecule has 1 aromatic carbocycles. The summed E-state index contributed by atoms with van der Waals surface area (Å²) in [6, 6.07) is 0.699. The highest BCUT2D eigenvalue weighted by molar-refractivity contribution is 6.02. The third-order valence-electron chi connectivity index (χ3n) is 2.92. The molecule has 0 saturated heterocycles. The molecule has 0 radical (unpaired) electrons. The number of nitrogens with one attached hydrogen (secondary N) is 2. The van der Waals surface area contributed by atoms with Crippen LogP contribution in [-0.2, 0) is 12.8 Å². The first-order valence-corrected chi connectivity index (χ1v) is 6.31. The lowest BCUT2D eigenvalue weighted by atomic mass is 10.0. The molecule has 0 aliphatic rings. The van der Waals surface area contributed by atoms with Crippen LogP contribution in [0.4, 0.5) is 10.5 Å². The Labute approximate surface area is 117 Å². The average Bonchev–Trinajstić information content (AvgIpc) is 2.38. The Morgan fingerprint density at radius 1 is 1.25 bits per heavy atom. The van der Waals surface area contributed by atoms with E-state index in [1.807, 2.05) is 13.8 Å². The molecule has 1 aromatic rings. The molecule has 1 rings (SSSR count). The molecule has 0 unspecified atom stereocenters. The van der Waals surface area contributed by atoms with E-state index >= 15 is 0 Å². The van der Waals surface area contributed by atoms with Gasteiger partial charge in [0.2, 0.25) is 0 Å². The predicted octanol–water partition coefficient (Wildman–Crippen LogP) is 1.29. The van der Waals surface area contributed by atoms with E-state index in [-0.39, 0.29) is 17.5 Å². The summed E-state index contributed by atoms with van der Waals surface area (Å²) in [5.41, 5.74) is 6.92. The SMILES string of the molecule is CCc1c(O)cc(O)c(CC)c1NC(=O)NC(N)=NC. The van der Waals surface area contributed by atoms with Gasteiger partial charge >= 0.3 is 6.03 Å². The minimum Gasteiger partial charge on any atom is -0.507 e. The van der Waals surface area contributed by atoms with Gasteiger partial charge in [-0.3, -0.25) is 10.3 Å². The quantitative estimate of drug-likeness (QED) is 0.423. The van der Waals surface area contributed by atoms with Crippen LogP contribution in [0.1, 0.15) is 25.0 Å². The topological polar surface area (TPSA) is 120 Å². The summed E-state index contributed by atoms with van der Waals surface area (Å²) in [6.45, 7) is 3.69. The van der Waals surface area contributed by atoms with Gasteiger partial charge in [0.15, 0.2) is 5.96 Å². The maximum absolute atomic E-state index is 11.8. The summed E-state index contributed by atoms with van der Waals surface area (Å²) in [5, 5.41) is 24.6. The molecule has 20 heavy (non-hydrogen) atoms. The number of phenolic OH excluding ortho intramolecular Hbond substituents is 2. The third kappa shape index (κ3) is 3.31. The number of rotatable bonds is 3. The van der Waals surface area contributed by atoms with Crippen molar-refractivity contribution in [2.24, 2.45) is 10.7 Å². The Morgan fingerprint density at radius 2 is 1.75 bits per heavy atom.